The molecule has 0 aliphatic heterocycles. The molecule has 24 heavy (non-hydrogen) atoms. The molecule has 0 aromatic heterocycles. The zero-order chi connectivity index (χ0) is 17.3. The van der Waals surface area contributed by atoms with Gasteiger partial charge in [-0.25, -0.2) is 0 Å². The second-order valence-corrected chi connectivity index (χ2v) is 6.81. The van der Waals surface area contributed by atoms with E-state index in [1.807, 2.05) is 13.0 Å². The summed E-state index contributed by atoms with van der Waals surface area (Å²) in [4.78, 5) is 11.4. The summed E-state index contributed by atoms with van der Waals surface area (Å²) in [5.74, 6) is -0.0977. The fourth-order valence-electron chi connectivity index (χ4n) is 3.62. The standard InChI is InChI=1S/C21H31NO2/c1-3-15-21(16-6-5-7-17-21)22-19-13-11-18(12-14-19)9-8-10-20(23)24-4-2/h3,11-14,22H,1,4-10,15-17H2,2H3. The molecule has 0 amide bonds. The summed E-state index contributed by atoms with van der Waals surface area (Å²) in [6.45, 7) is 6.25. The first-order chi connectivity index (χ1) is 11.7. The predicted octanol–water partition coefficient (Wildman–Crippen LogP) is 5.26. The zero-order valence-electron chi connectivity index (χ0n) is 15.0. The average Bonchev–Trinajstić information content (AvgIpc) is 2.58. The minimum Gasteiger partial charge on any atom is -0.466 e. The number of rotatable bonds is 9. The lowest BCUT2D eigenvalue weighted by Gasteiger charge is -2.38. The Morgan fingerprint density at radius 1 is 1.25 bits per heavy atom. The van der Waals surface area contributed by atoms with Gasteiger partial charge in [-0.2, -0.15) is 0 Å². The van der Waals surface area contributed by atoms with Crippen LogP contribution in [0, 0.1) is 0 Å². The van der Waals surface area contributed by atoms with Gasteiger partial charge in [-0.05, 0) is 56.7 Å². The van der Waals surface area contributed by atoms with Crippen molar-refractivity contribution >= 4 is 11.7 Å². The van der Waals surface area contributed by atoms with E-state index in [0.29, 0.717) is 13.0 Å². The van der Waals surface area contributed by atoms with Crippen LogP contribution in [0.1, 0.15) is 63.9 Å². The summed E-state index contributed by atoms with van der Waals surface area (Å²) >= 11 is 0. The topological polar surface area (TPSA) is 38.3 Å². The fraction of sp³-hybridized carbons (Fsp3) is 0.571. The van der Waals surface area contributed by atoms with E-state index in [2.05, 4.69) is 36.2 Å². The van der Waals surface area contributed by atoms with E-state index in [4.69, 9.17) is 4.74 Å². The molecule has 1 aromatic rings. The highest BCUT2D eigenvalue weighted by Crippen LogP contribution is 2.34. The Balaban J connectivity index is 1.86. The summed E-state index contributed by atoms with van der Waals surface area (Å²) in [7, 11) is 0. The van der Waals surface area contributed by atoms with Crippen LogP contribution in [0.15, 0.2) is 36.9 Å². The van der Waals surface area contributed by atoms with Crippen molar-refractivity contribution in [2.45, 2.75) is 70.3 Å². The highest BCUT2D eigenvalue weighted by Gasteiger charge is 2.30. The van der Waals surface area contributed by atoms with Gasteiger partial charge in [-0.15, -0.1) is 6.58 Å². The van der Waals surface area contributed by atoms with E-state index in [1.165, 1.54) is 43.4 Å². The van der Waals surface area contributed by atoms with Crippen LogP contribution in [0.2, 0.25) is 0 Å². The predicted molar refractivity (Wildman–Crippen MR) is 100 cm³/mol. The second kappa shape index (κ2) is 9.51. The van der Waals surface area contributed by atoms with Crippen LogP contribution in [0.25, 0.3) is 0 Å². The molecular weight excluding hydrogens is 298 g/mol. The molecule has 0 saturated heterocycles. The van der Waals surface area contributed by atoms with Crippen LogP contribution < -0.4 is 5.32 Å². The molecule has 3 heteroatoms. The van der Waals surface area contributed by atoms with E-state index in [9.17, 15) is 4.79 Å². The van der Waals surface area contributed by atoms with Crippen LogP contribution in [0.5, 0.6) is 0 Å². The molecule has 1 fully saturated rings. The van der Waals surface area contributed by atoms with Gasteiger partial charge in [0.05, 0.1) is 6.61 Å². The van der Waals surface area contributed by atoms with E-state index in [-0.39, 0.29) is 11.5 Å². The van der Waals surface area contributed by atoms with Crippen molar-refractivity contribution in [3.8, 4) is 0 Å². The Labute approximate surface area is 146 Å². The number of nitrogens with one attached hydrogen (secondary N) is 1. The maximum Gasteiger partial charge on any atom is 0.305 e. The lowest BCUT2D eigenvalue weighted by Crippen LogP contribution is -2.39. The normalized spacial score (nSPS) is 16.4. The van der Waals surface area contributed by atoms with E-state index in [0.717, 1.165) is 19.3 Å². The molecular formula is C21H31NO2. The molecule has 1 saturated carbocycles. The Morgan fingerprint density at radius 3 is 2.58 bits per heavy atom. The number of aryl methyl sites for hydroxylation is 1. The summed E-state index contributed by atoms with van der Waals surface area (Å²) in [6.07, 6.45) is 11.7. The highest BCUT2D eigenvalue weighted by molar-refractivity contribution is 5.69. The number of ether oxygens (including phenoxy) is 1. The lowest BCUT2D eigenvalue weighted by molar-refractivity contribution is -0.143. The Bertz CT molecular complexity index is 515. The molecule has 0 unspecified atom stereocenters. The molecule has 0 spiro atoms. The molecule has 0 radical (unpaired) electrons. The summed E-state index contributed by atoms with van der Waals surface area (Å²) in [6, 6.07) is 8.66. The summed E-state index contributed by atoms with van der Waals surface area (Å²) in [5, 5.41) is 3.77. The number of carbonyl (C=O) groups excluding carboxylic acids is 1. The van der Waals surface area contributed by atoms with Crippen molar-refractivity contribution in [3.05, 3.63) is 42.5 Å². The van der Waals surface area contributed by atoms with Crippen LogP contribution in [-0.4, -0.2) is 18.1 Å². The average molecular weight is 329 g/mol. The second-order valence-electron chi connectivity index (χ2n) is 6.81. The number of esters is 1. The maximum atomic E-state index is 11.4. The third-order valence-electron chi connectivity index (χ3n) is 4.86. The molecule has 1 N–H and O–H groups in total. The van der Waals surface area contributed by atoms with Crippen LogP contribution in [0.4, 0.5) is 5.69 Å². The molecule has 0 atom stereocenters. The molecule has 2 rings (SSSR count). The zero-order valence-corrected chi connectivity index (χ0v) is 15.0. The van der Waals surface area contributed by atoms with Crippen molar-refractivity contribution in [3.63, 3.8) is 0 Å². The van der Waals surface area contributed by atoms with Crippen molar-refractivity contribution in [2.75, 3.05) is 11.9 Å². The molecule has 132 valence electrons. The Morgan fingerprint density at radius 2 is 1.96 bits per heavy atom. The van der Waals surface area contributed by atoms with E-state index in [1.54, 1.807) is 0 Å². The van der Waals surface area contributed by atoms with E-state index >= 15 is 0 Å². The monoisotopic (exact) mass is 329 g/mol. The summed E-state index contributed by atoms with van der Waals surface area (Å²) in [5.41, 5.74) is 2.64. The summed E-state index contributed by atoms with van der Waals surface area (Å²) < 4.78 is 4.96. The molecule has 1 aliphatic rings. The van der Waals surface area contributed by atoms with Gasteiger partial charge < -0.3 is 10.1 Å². The lowest BCUT2D eigenvalue weighted by atomic mass is 9.79. The first-order valence-electron chi connectivity index (χ1n) is 9.31. The Kier molecular flexibility index (Phi) is 7.36. The van der Waals surface area contributed by atoms with Crippen LogP contribution in [0.3, 0.4) is 0 Å². The third kappa shape index (κ3) is 5.70. The van der Waals surface area contributed by atoms with Crippen LogP contribution >= 0.6 is 0 Å². The van der Waals surface area contributed by atoms with Crippen molar-refractivity contribution in [1.29, 1.82) is 0 Å². The first kappa shape index (κ1) is 18.6. The quantitative estimate of drug-likeness (QED) is 0.496. The number of carbonyl (C=O) groups is 1. The van der Waals surface area contributed by atoms with Gasteiger partial charge in [0.2, 0.25) is 0 Å². The SMILES string of the molecule is C=CCC1(Nc2ccc(CCCC(=O)OCC)cc2)CCCCC1. The number of anilines is 1. The first-order valence-corrected chi connectivity index (χ1v) is 9.31. The van der Waals surface area contributed by atoms with Gasteiger partial charge in [-0.3, -0.25) is 4.79 Å². The smallest absolute Gasteiger partial charge is 0.305 e. The fourth-order valence-corrected chi connectivity index (χ4v) is 3.62. The Hall–Kier alpha value is -1.77. The minimum absolute atomic E-state index is 0.0977. The third-order valence-corrected chi connectivity index (χ3v) is 4.86. The minimum atomic E-state index is -0.0977. The van der Waals surface area contributed by atoms with Crippen molar-refractivity contribution in [2.24, 2.45) is 0 Å². The number of hydrogen-bond acceptors (Lipinski definition) is 3. The van der Waals surface area contributed by atoms with Crippen molar-refractivity contribution < 1.29 is 9.53 Å². The van der Waals surface area contributed by atoms with Crippen LogP contribution in [-0.2, 0) is 16.0 Å². The van der Waals surface area contributed by atoms with Gasteiger partial charge >= 0.3 is 5.97 Å². The number of hydrogen-bond donors (Lipinski definition) is 1. The van der Waals surface area contributed by atoms with Gasteiger partial charge in [-0.1, -0.05) is 37.5 Å². The number of benzene rings is 1. The van der Waals surface area contributed by atoms with Gasteiger partial charge in [0, 0.05) is 17.6 Å². The molecule has 1 aliphatic carbocycles. The van der Waals surface area contributed by atoms with E-state index < -0.39 is 0 Å². The largest absolute Gasteiger partial charge is 0.466 e. The van der Waals surface area contributed by atoms with Gasteiger partial charge in [0.25, 0.3) is 0 Å². The van der Waals surface area contributed by atoms with Crippen molar-refractivity contribution in [1.82, 2.24) is 0 Å². The molecule has 3 nitrogen and oxygen atoms in total. The van der Waals surface area contributed by atoms with Gasteiger partial charge in [0.15, 0.2) is 0 Å². The maximum absolute atomic E-state index is 11.4. The molecule has 0 bridgehead atoms. The van der Waals surface area contributed by atoms with Gasteiger partial charge in [0.1, 0.15) is 0 Å². The molecule has 1 aromatic carbocycles. The molecule has 0 heterocycles. The highest BCUT2D eigenvalue weighted by atomic mass is 16.5.